The minimum atomic E-state index is -0.228. The second-order valence-corrected chi connectivity index (χ2v) is 6.85. The van der Waals surface area contributed by atoms with Gasteiger partial charge in [-0.15, -0.1) is 11.8 Å². The van der Waals surface area contributed by atoms with E-state index in [2.05, 4.69) is 25.9 Å². The first kappa shape index (κ1) is 14.3. The summed E-state index contributed by atoms with van der Waals surface area (Å²) in [6, 6.07) is 6.41. The van der Waals surface area contributed by atoms with Gasteiger partial charge in [0.25, 0.3) is 0 Å². The van der Waals surface area contributed by atoms with Crippen LogP contribution in [0.1, 0.15) is 30.3 Å². The van der Waals surface area contributed by atoms with Crippen LogP contribution >= 0.6 is 39.3 Å². The van der Waals surface area contributed by atoms with E-state index in [1.54, 1.807) is 23.9 Å². The Balaban J connectivity index is 1.75. The number of hydrogen-bond acceptors (Lipinski definition) is 3. The van der Waals surface area contributed by atoms with Gasteiger partial charge in [-0.25, -0.2) is 14.4 Å². The van der Waals surface area contributed by atoms with Crippen LogP contribution in [0.2, 0.25) is 5.15 Å². The van der Waals surface area contributed by atoms with Crippen molar-refractivity contribution in [1.29, 1.82) is 0 Å². The van der Waals surface area contributed by atoms with E-state index >= 15 is 0 Å². The summed E-state index contributed by atoms with van der Waals surface area (Å²) in [5, 5.41) is 0.469. The van der Waals surface area contributed by atoms with Crippen molar-refractivity contribution in [2.45, 2.75) is 29.4 Å². The van der Waals surface area contributed by atoms with Crippen molar-refractivity contribution in [2.75, 3.05) is 0 Å². The molecule has 1 aliphatic carbocycles. The molecule has 0 amide bonds. The lowest BCUT2D eigenvalue weighted by molar-refractivity contribution is 0.626. The second kappa shape index (κ2) is 6.00. The van der Waals surface area contributed by atoms with E-state index in [4.69, 9.17) is 11.6 Å². The lowest BCUT2D eigenvalue weighted by Gasteiger charge is -2.07. The molecule has 0 N–H and O–H groups in total. The fourth-order valence-electron chi connectivity index (χ4n) is 1.85. The third-order valence-corrected chi connectivity index (χ3v) is 5.32. The highest BCUT2D eigenvalue weighted by atomic mass is 79.9. The average Bonchev–Trinajstić information content (AvgIpc) is 3.26. The Morgan fingerprint density at radius 1 is 1.25 bits per heavy atom. The topological polar surface area (TPSA) is 25.8 Å². The fourth-order valence-corrected chi connectivity index (χ4v) is 3.30. The molecule has 2 aromatic rings. The van der Waals surface area contributed by atoms with Crippen molar-refractivity contribution in [3.05, 3.63) is 51.2 Å². The molecule has 0 unspecified atom stereocenters. The van der Waals surface area contributed by atoms with Gasteiger partial charge < -0.3 is 0 Å². The Morgan fingerprint density at radius 2 is 1.95 bits per heavy atom. The SMILES string of the molecule is Fc1ccc(SCc2nc(Cl)c(Br)c(C3CC3)n2)cc1. The van der Waals surface area contributed by atoms with Gasteiger partial charge in [-0.05, 0) is 53.0 Å². The Morgan fingerprint density at radius 3 is 2.60 bits per heavy atom. The quantitative estimate of drug-likeness (QED) is 0.544. The first-order chi connectivity index (χ1) is 9.63. The summed E-state index contributed by atoms with van der Waals surface area (Å²) in [4.78, 5) is 9.87. The normalized spacial score (nSPS) is 14.6. The Labute approximate surface area is 134 Å². The summed E-state index contributed by atoms with van der Waals surface area (Å²) < 4.78 is 13.7. The number of halogens is 3. The van der Waals surface area contributed by atoms with E-state index in [-0.39, 0.29) is 5.82 Å². The zero-order chi connectivity index (χ0) is 14.1. The van der Waals surface area contributed by atoms with Crippen molar-refractivity contribution in [1.82, 2.24) is 9.97 Å². The molecular formula is C14H11BrClFN2S. The van der Waals surface area contributed by atoms with Crippen LogP contribution in [-0.4, -0.2) is 9.97 Å². The first-order valence-electron chi connectivity index (χ1n) is 6.23. The molecule has 0 aliphatic heterocycles. The predicted molar refractivity (Wildman–Crippen MR) is 82.7 cm³/mol. The van der Waals surface area contributed by atoms with Crippen molar-refractivity contribution in [3.8, 4) is 0 Å². The highest BCUT2D eigenvalue weighted by molar-refractivity contribution is 9.10. The molecule has 0 atom stereocenters. The maximum atomic E-state index is 12.8. The van der Waals surface area contributed by atoms with Gasteiger partial charge >= 0.3 is 0 Å². The molecule has 20 heavy (non-hydrogen) atoms. The van der Waals surface area contributed by atoms with Gasteiger partial charge in [-0.3, -0.25) is 0 Å². The van der Waals surface area contributed by atoms with Crippen molar-refractivity contribution >= 4 is 39.3 Å². The summed E-state index contributed by atoms with van der Waals surface area (Å²) in [7, 11) is 0. The molecule has 2 nitrogen and oxygen atoms in total. The first-order valence-corrected chi connectivity index (χ1v) is 8.39. The van der Waals surface area contributed by atoms with Gasteiger partial charge in [-0.1, -0.05) is 11.6 Å². The number of rotatable bonds is 4. The molecule has 0 bridgehead atoms. The minimum absolute atomic E-state index is 0.228. The molecule has 104 valence electrons. The van der Waals surface area contributed by atoms with E-state index in [1.807, 2.05) is 0 Å². The monoisotopic (exact) mass is 372 g/mol. The third-order valence-electron chi connectivity index (χ3n) is 3.03. The zero-order valence-electron chi connectivity index (χ0n) is 10.4. The second-order valence-electron chi connectivity index (χ2n) is 4.65. The minimum Gasteiger partial charge on any atom is -0.235 e. The summed E-state index contributed by atoms with van der Waals surface area (Å²) in [5.41, 5.74) is 1.01. The van der Waals surface area contributed by atoms with Crippen LogP contribution in [0.5, 0.6) is 0 Å². The average molecular weight is 374 g/mol. The van der Waals surface area contributed by atoms with Crippen LogP contribution < -0.4 is 0 Å². The van der Waals surface area contributed by atoms with Gasteiger partial charge in [0.2, 0.25) is 0 Å². The Hall–Kier alpha value is -0.650. The molecule has 0 saturated heterocycles. The molecule has 1 aromatic heterocycles. The van der Waals surface area contributed by atoms with Crippen molar-refractivity contribution in [2.24, 2.45) is 0 Å². The van der Waals surface area contributed by atoms with Crippen LogP contribution in [0.25, 0.3) is 0 Å². The highest BCUT2D eigenvalue weighted by Gasteiger charge is 2.29. The van der Waals surface area contributed by atoms with Gasteiger partial charge in [0.1, 0.15) is 16.8 Å². The van der Waals surface area contributed by atoms with E-state index in [1.165, 1.54) is 12.1 Å². The molecule has 1 aromatic carbocycles. The van der Waals surface area contributed by atoms with Crippen LogP contribution in [0, 0.1) is 5.82 Å². The summed E-state index contributed by atoms with van der Waals surface area (Å²) in [6.45, 7) is 0. The molecular weight excluding hydrogens is 363 g/mol. The lowest BCUT2D eigenvalue weighted by Crippen LogP contribution is -1.99. The largest absolute Gasteiger partial charge is 0.235 e. The molecule has 1 saturated carbocycles. The number of aromatic nitrogens is 2. The maximum absolute atomic E-state index is 12.8. The van der Waals surface area contributed by atoms with Crippen molar-refractivity contribution in [3.63, 3.8) is 0 Å². The van der Waals surface area contributed by atoms with Crippen LogP contribution in [0.3, 0.4) is 0 Å². The fraction of sp³-hybridized carbons (Fsp3) is 0.286. The van der Waals surface area contributed by atoms with E-state index in [0.29, 0.717) is 16.8 Å². The third kappa shape index (κ3) is 3.32. The van der Waals surface area contributed by atoms with Gasteiger partial charge in [0, 0.05) is 10.8 Å². The number of thioether (sulfide) groups is 1. The maximum Gasteiger partial charge on any atom is 0.147 e. The molecule has 6 heteroatoms. The van der Waals surface area contributed by atoms with Crippen LogP contribution in [0.15, 0.2) is 33.6 Å². The summed E-state index contributed by atoms with van der Waals surface area (Å²) in [5.74, 6) is 1.63. The predicted octanol–water partition coefficient (Wildman–Crippen LogP) is 5.20. The molecule has 1 fully saturated rings. The molecule has 3 rings (SSSR count). The van der Waals surface area contributed by atoms with E-state index < -0.39 is 0 Å². The lowest BCUT2D eigenvalue weighted by atomic mass is 10.3. The van der Waals surface area contributed by atoms with Gasteiger partial charge in [0.05, 0.1) is 15.9 Å². The van der Waals surface area contributed by atoms with E-state index in [0.717, 1.165) is 33.7 Å². The van der Waals surface area contributed by atoms with Crippen LogP contribution in [-0.2, 0) is 5.75 Å². The van der Waals surface area contributed by atoms with E-state index in [9.17, 15) is 4.39 Å². The molecule has 0 spiro atoms. The van der Waals surface area contributed by atoms with Gasteiger partial charge in [0.15, 0.2) is 0 Å². The number of hydrogen-bond donors (Lipinski definition) is 0. The molecule has 1 heterocycles. The summed E-state index contributed by atoms with van der Waals surface area (Å²) >= 11 is 11.2. The van der Waals surface area contributed by atoms with Crippen molar-refractivity contribution < 1.29 is 4.39 Å². The Kier molecular flexibility index (Phi) is 4.29. The zero-order valence-corrected chi connectivity index (χ0v) is 13.6. The Bertz CT molecular complexity index is 632. The standard InChI is InChI=1S/C14H11BrClFN2S/c15-12-13(8-1-2-8)18-11(19-14(12)16)7-20-10-5-3-9(17)4-6-10/h3-6,8H,1-2,7H2. The number of nitrogens with zero attached hydrogens (tertiary/aromatic N) is 2. The summed E-state index contributed by atoms with van der Waals surface area (Å²) in [6.07, 6.45) is 2.33. The smallest absolute Gasteiger partial charge is 0.147 e. The highest BCUT2D eigenvalue weighted by Crippen LogP contribution is 2.43. The van der Waals surface area contributed by atoms with Gasteiger partial charge in [-0.2, -0.15) is 0 Å². The molecule has 1 aliphatic rings. The number of benzene rings is 1. The molecule has 0 radical (unpaired) electrons. The van der Waals surface area contributed by atoms with Crippen LogP contribution in [0.4, 0.5) is 4.39 Å².